The van der Waals surface area contributed by atoms with Gasteiger partial charge in [-0.15, -0.1) is 0 Å². The summed E-state index contributed by atoms with van der Waals surface area (Å²) < 4.78 is 0. The van der Waals surface area contributed by atoms with Crippen molar-refractivity contribution < 1.29 is 5.11 Å². The van der Waals surface area contributed by atoms with E-state index in [0.717, 1.165) is 6.42 Å². The Balaban J connectivity index is 2.13. The van der Waals surface area contributed by atoms with Crippen molar-refractivity contribution in [1.29, 1.82) is 0 Å². The van der Waals surface area contributed by atoms with Gasteiger partial charge in [0.25, 0.3) is 0 Å². The predicted molar refractivity (Wildman–Crippen MR) is 68.7 cm³/mol. The zero-order valence-electron chi connectivity index (χ0n) is 11.0. The van der Waals surface area contributed by atoms with E-state index in [4.69, 9.17) is 0 Å². The Morgan fingerprint density at radius 1 is 1.00 bits per heavy atom. The first-order valence-electron chi connectivity index (χ1n) is 6.85. The fraction of sp³-hybridized carbons (Fsp3) is 1.00. The average Bonchev–Trinajstić information content (AvgIpc) is 2.35. The maximum Gasteiger partial charge on any atom is 0.0459 e. The van der Waals surface area contributed by atoms with Crippen LogP contribution in [0.5, 0.6) is 0 Å². The SMILES string of the molecule is CCC[C@@H](CO)CCN1CCN(CC)CC1. The highest BCUT2D eigenvalue weighted by Gasteiger charge is 2.16. The Kier molecular flexibility index (Phi) is 7.01. The van der Waals surface area contributed by atoms with Crippen molar-refractivity contribution in [2.45, 2.75) is 33.1 Å². The fourth-order valence-corrected chi connectivity index (χ4v) is 2.43. The Morgan fingerprint density at radius 2 is 1.62 bits per heavy atom. The zero-order chi connectivity index (χ0) is 11.8. The number of hydrogen-bond donors (Lipinski definition) is 1. The van der Waals surface area contributed by atoms with E-state index in [1.54, 1.807) is 0 Å². The van der Waals surface area contributed by atoms with Gasteiger partial charge in [0, 0.05) is 32.8 Å². The second-order valence-corrected chi connectivity index (χ2v) is 4.90. The summed E-state index contributed by atoms with van der Waals surface area (Å²) >= 11 is 0. The molecule has 0 bridgehead atoms. The van der Waals surface area contributed by atoms with Crippen LogP contribution in [0.1, 0.15) is 33.1 Å². The van der Waals surface area contributed by atoms with E-state index in [-0.39, 0.29) is 0 Å². The van der Waals surface area contributed by atoms with E-state index in [1.807, 2.05) is 0 Å². The number of piperazine rings is 1. The molecule has 0 radical (unpaired) electrons. The molecule has 1 rings (SSSR count). The van der Waals surface area contributed by atoms with Crippen LogP contribution < -0.4 is 0 Å². The number of nitrogens with zero attached hydrogens (tertiary/aromatic N) is 2. The van der Waals surface area contributed by atoms with Crippen LogP contribution >= 0.6 is 0 Å². The van der Waals surface area contributed by atoms with Gasteiger partial charge in [-0.2, -0.15) is 0 Å². The molecule has 0 unspecified atom stereocenters. The Labute approximate surface area is 100 Å². The molecule has 0 aromatic rings. The lowest BCUT2D eigenvalue weighted by Crippen LogP contribution is -2.46. The van der Waals surface area contributed by atoms with E-state index in [2.05, 4.69) is 23.6 Å². The van der Waals surface area contributed by atoms with Gasteiger partial charge in [-0.05, 0) is 31.8 Å². The number of aliphatic hydroxyl groups excluding tert-OH is 1. The summed E-state index contributed by atoms with van der Waals surface area (Å²) in [6, 6.07) is 0. The van der Waals surface area contributed by atoms with E-state index in [9.17, 15) is 5.11 Å². The van der Waals surface area contributed by atoms with E-state index >= 15 is 0 Å². The molecule has 1 heterocycles. The van der Waals surface area contributed by atoms with Gasteiger partial charge in [-0.25, -0.2) is 0 Å². The number of aliphatic hydroxyl groups is 1. The van der Waals surface area contributed by atoms with Crippen LogP contribution in [0.15, 0.2) is 0 Å². The average molecular weight is 228 g/mol. The third-order valence-electron chi connectivity index (χ3n) is 3.72. The normalized spacial score (nSPS) is 21.2. The van der Waals surface area contributed by atoms with E-state index in [1.165, 1.54) is 52.1 Å². The van der Waals surface area contributed by atoms with Gasteiger partial charge in [0.1, 0.15) is 0 Å². The molecule has 1 atom stereocenters. The van der Waals surface area contributed by atoms with Crippen LogP contribution in [0.25, 0.3) is 0 Å². The highest BCUT2D eigenvalue weighted by molar-refractivity contribution is 4.72. The highest BCUT2D eigenvalue weighted by Crippen LogP contribution is 2.12. The summed E-state index contributed by atoms with van der Waals surface area (Å²) in [5.74, 6) is 0.522. The molecular formula is C13H28N2O. The molecule has 1 fully saturated rings. The minimum atomic E-state index is 0.364. The van der Waals surface area contributed by atoms with Crippen molar-refractivity contribution in [3.63, 3.8) is 0 Å². The standard InChI is InChI=1S/C13H28N2O/c1-3-5-13(12-16)6-7-15-10-8-14(4-2)9-11-15/h13,16H,3-12H2,1-2H3/t13-/m1/s1. The van der Waals surface area contributed by atoms with Gasteiger partial charge in [-0.3, -0.25) is 0 Å². The molecule has 0 aromatic heterocycles. The van der Waals surface area contributed by atoms with Crippen LogP contribution in [-0.4, -0.2) is 60.8 Å². The summed E-state index contributed by atoms with van der Waals surface area (Å²) in [6.45, 7) is 12.0. The number of likely N-dealkylation sites (N-methyl/N-ethyl adjacent to an activating group) is 1. The van der Waals surface area contributed by atoms with Crippen molar-refractivity contribution in [3.05, 3.63) is 0 Å². The molecule has 0 saturated carbocycles. The molecule has 0 amide bonds. The number of hydrogen-bond acceptors (Lipinski definition) is 3. The van der Waals surface area contributed by atoms with E-state index < -0.39 is 0 Å². The van der Waals surface area contributed by atoms with Crippen LogP contribution in [0, 0.1) is 5.92 Å². The van der Waals surface area contributed by atoms with Crippen molar-refractivity contribution in [3.8, 4) is 0 Å². The smallest absolute Gasteiger partial charge is 0.0459 e. The fourth-order valence-electron chi connectivity index (χ4n) is 2.43. The maximum atomic E-state index is 9.24. The first-order valence-corrected chi connectivity index (χ1v) is 6.85. The van der Waals surface area contributed by atoms with Crippen molar-refractivity contribution in [2.75, 3.05) is 45.9 Å². The first-order chi connectivity index (χ1) is 7.80. The lowest BCUT2D eigenvalue weighted by atomic mass is 10.0. The summed E-state index contributed by atoms with van der Waals surface area (Å²) in [6.07, 6.45) is 3.52. The molecule has 0 aromatic carbocycles. The van der Waals surface area contributed by atoms with Gasteiger partial charge in [0.15, 0.2) is 0 Å². The monoisotopic (exact) mass is 228 g/mol. The second kappa shape index (κ2) is 8.04. The lowest BCUT2D eigenvalue weighted by molar-refractivity contribution is 0.121. The van der Waals surface area contributed by atoms with Gasteiger partial charge >= 0.3 is 0 Å². The van der Waals surface area contributed by atoms with Gasteiger partial charge in [0.2, 0.25) is 0 Å². The van der Waals surface area contributed by atoms with Gasteiger partial charge in [-0.1, -0.05) is 20.3 Å². The summed E-state index contributed by atoms with van der Waals surface area (Å²) in [5, 5.41) is 9.24. The van der Waals surface area contributed by atoms with Crippen LogP contribution in [-0.2, 0) is 0 Å². The molecule has 3 heteroatoms. The lowest BCUT2D eigenvalue weighted by Gasteiger charge is -2.34. The molecule has 16 heavy (non-hydrogen) atoms. The summed E-state index contributed by atoms with van der Waals surface area (Å²) in [5.41, 5.74) is 0. The molecule has 96 valence electrons. The molecule has 0 aliphatic carbocycles. The van der Waals surface area contributed by atoms with Gasteiger partial charge < -0.3 is 14.9 Å². The molecule has 1 N–H and O–H groups in total. The third kappa shape index (κ3) is 4.81. The quantitative estimate of drug-likeness (QED) is 0.714. The van der Waals surface area contributed by atoms with Crippen LogP contribution in [0.4, 0.5) is 0 Å². The summed E-state index contributed by atoms with van der Waals surface area (Å²) in [4.78, 5) is 5.05. The van der Waals surface area contributed by atoms with Crippen LogP contribution in [0.2, 0.25) is 0 Å². The van der Waals surface area contributed by atoms with Gasteiger partial charge in [0.05, 0.1) is 0 Å². The molecular weight excluding hydrogens is 200 g/mol. The summed E-state index contributed by atoms with van der Waals surface area (Å²) in [7, 11) is 0. The molecule has 3 nitrogen and oxygen atoms in total. The Morgan fingerprint density at radius 3 is 2.12 bits per heavy atom. The maximum absolute atomic E-state index is 9.24. The molecule has 1 saturated heterocycles. The minimum absolute atomic E-state index is 0.364. The first kappa shape index (κ1) is 13.9. The van der Waals surface area contributed by atoms with Crippen LogP contribution in [0.3, 0.4) is 0 Å². The van der Waals surface area contributed by atoms with Crippen molar-refractivity contribution in [1.82, 2.24) is 9.80 Å². The zero-order valence-corrected chi connectivity index (χ0v) is 11.0. The van der Waals surface area contributed by atoms with Crippen molar-refractivity contribution in [2.24, 2.45) is 5.92 Å². The molecule has 0 spiro atoms. The third-order valence-corrected chi connectivity index (χ3v) is 3.72. The minimum Gasteiger partial charge on any atom is -0.396 e. The Bertz CT molecular complexity index is 167. The highest BCUT2D eigenvalue weighted by atomic mass is 16.3. The van der Waals surface area contributed by atoms with Crippen molar-refractivity contribution >= 4 is 0 Å². The predicted octanol–water partition coefficient (Wildman–Crippen LogP) is 1.42. The largest absolute Gasteiger partial charge is 0.396 e. The van der Waals surface area contributed by atoms with E-state index in [0.29, 0.717) is 12.5 Å². The molecule has 1 aliphatic rings. The Hall–Kier alpha value is -0.120. The second-order valence-electron chi connectivity index (χ2n) is 4.90. The molecule has 1 aliphatic heterocycles. The topological polar surface area (TPSA) is 26.7 Å². The number of rotatable bonds is 7.